The maximum atomic E-state index is 12.8. The van der Waals surface area contributed by atoms with Gasteiger partial charge in [0.1, 0.15) is 0 Å². The molecule has 4 rings (SSSR count). The Balaban J connectivity index is 1.27. The van der Waals surface area contributed by atoms with Crippen LogP contribution in [0.15, 0.2) is 22.8 Å². The van der Waals surface area contributed by atoms with E-state index in [2.05, 4.69) is 6.92 Å². The van der Waals surface area contributed by atoms with Gasteiger partial charge < -0.3 is 19.1 Å². The fourth-order valence-corrected chi connectivity index (χ4v) is 4.29. The van der Waals surface area contributed by atoms with Crippen LogP contribution >= 0.6 is 0 Å². The van der Waals surface area contributed by atoms with Gasteiger partial charge in [-0.1, -0.05) is 6.92 Å². The van der Waals surface area contributed by atoms with Crippen LogP contribution in [0, 0.1) is 17.8 Å². The second-order valence-electron chi connectivity index (χ2n) is 8.08. The lowest BCUT2D eigenvalue weighted by molar-refractivity contribution is -0.139. The number of amides is 3. The molecule has 3 heterocycles. The van der Waals surface area contributed by atoms with Crippen molar-refractivity contribution in [1.29, 1.82) is 0 Å². The van der Waals surface area contributed by atoms with Crippen molar-refractivity contribution in [3.63, 3.8) is 0 Å². The summed E-state index contributed by atoms with van der Waals surface area (Å²) in [6.07, 6.45) is 4.40. The molecule has 0 N–H and O–H groups in total. The first-order chi connectivity index (χ1) is 13.0. The number of piperazine rings is 1. The van der Waals surface area contributed by atoms with Crippen molar-refractivity contribution < 1.29 is 18.8 Å². The van der Waals surface area contributed by atoms with Crippen molar-refractivity contribution in [1.82, 2.24) is 14.7 Å². The summed E-state index contributed by atoms with van der Waals surface area (Å²) in [5.74, 6) is 0.683. The molecule has 2 saturated heterocycles. The molecule has 1 aromatic rings. The molecule has 3 amide bonds. The molecule has 7 nitrogen and oxygen atoms in total. The summed E-state index contributed by atoms with van der Waals surface area (Å²) in [6.45, 7) is 5.86. The van der Waals surface area contributed by atoms with Crippen LogP contribution in [0.25, 0.3) is 0 Å². The number of carbonyl (C=O) groups excluding carboxylic acids is 3. The third kappa shape index (κ3) is 3.73. The van der Waals surface area contributed by atoms with Gasteiger partial charge in [0.15, 0.2) is 5.76 Å². The van der Waals surface area contributed by atoms with Crippen LogP contribution < -0.4 is 0 Å². The number of piperidine rings is 1. The lowest BCUT2D eigenvalue weighted by atomic mass is 10.00. The van der Waals surface area contributed by atoms with Crippen LogP contribution in [0.5, 0.6) is 0 Å². The predicted molar refractivity (Wildman–Crippen MR) is 97.8 cm³/mol. The standard InChI is InChI=1S/C20H27N3O4/c1-14-4-2-6-23(13-14)19(25)16-12-15(16)18(24)21-7-9-22(10-8-21)20(26)17-5-3-11-27-17/h3,5,11,14-16H,2,4,6-10,12-13H2,1H3. The molecule has 0 bridgehead atoms. The van der Waals surface area contributed by atoms with Gasteiger partial charge in [0.2, 0.25) is 11.8 Å². The van der Waals surface area contributed by atoms with Crippen LogP contribution in [-0.4, -0.2) is 71.7 Å². The molecule has 2 aliphatic heterocycles. The highest BCUT2D eigenvalue weighted by Gasteiger charge is 2.51. The zero-order valence-corrected chi connectivity index (χ0v) is 15.8. The van der Waals surface area contributed by atoms with Crippen molar-refractivity contribution in [3.8, 4) is 0 Å². The van der Waals surface area contributed by atoms with Crippen molar-refractivity contribution >= 4 is 17.7 Å². The molecule has 0 aromatic carbocycles. The van der Waals surface area contributed by atoms with Gasteiger partial charge in [0, 0.05) is 39.3 Å². The SMILES string of the molecule is CC1CCCN(C(=O)C2CC2C(=O)N2CCN(C(=O)c3ccco3)CC2)C1. The third-order valence-electron chi connectivity index (χ3n) is 6.00. The lowest BCUT2D eigenvalue weighted by Crippen LogP contribution is -2.51. The largest absolute Gasteiger partial charge is 0.459 e. The van der Waals surface area contributed by atoms with E-state index in [4.69, 9.17) is 4.42 Å². The Kier molecular flexibility index (Phi) is 4.93. The minimum atomic E-state index is -0.165. The highest BCUT2D eigenvalue weighted by atomic mass is 16.3. The maximum absolute atomic E-state index is 12.8. The van der Waals surface area contributed by atoms with Gasteiger partial charge in [-0.25, -0.2) is 0 Å². The van der Waals surface area contributed by atoms with Gasteiger partial charge in [-0.2, -0.15) is 0 Å². The normalized spacial score (nSPS) is 28.2. The van der Waals surface area contributed by atoms with Crippen LogP contribution in [0.1, 0.15) is 36.7 Å². The number of likely N-dealkylation sites (tertiary alicyclic amines) is 1. The fraction of sp³-hybridized carbons (Fsp3) is 0.650. The van der Waals surface area contributed by atoms with E-state index < -0.39 is 0 Å². The summed E-state index contributed by atoms with van der Waals surface area (Å²) < 4.78 is 5.16. The molecule has 3 fully saturated rings. The van der Waals surface area contributed by atoms with Gasteiger partial charge in [0.25, 0.3) is 5.91 Å². The molecule has 3 atom stereocenters. The van der Waals surface area contributed by atoms with E-state index in [9.17, 15) is 14.4 Å². The molecule has 0 radical (unpaired) electrons. The predicted octanol–water partition coefficient (Wildman–Crippen LogP) is 1.46. The molecule has 1 aromatic heterocycles. The number of hydrogen-bond donors (Lipinski definition) is 0. The topological polar surface area (TPSA) is 74.1 Å². The molecule has 146 valence electrons. The monoisotopic (exact) mass is 373 g/mol. The first kappa shape index (κ1) is 18.1. The van der Waals surface area contributed by atoms with Gasteiger partial charge >= 0.3 is 0 Å². The van der Waals surface area contributed by atoms with E-state index in [0.29, 0.717) is 44.3 Å². The Morgan fingerprint density at radius 1 is 0.963 bits per heavy atom. The second-order valence-corrected chi connectivity index (χ2v) is 8.08. The Morgan fingerprint density at radius 2 is 1.63 bits per heavy atom. The summed E-state index contributed by atoms with van der Waals surface area (Å²) in [6, 6.07) is 3.35. The summed E-state index contributed by atoms with van der Waals surface area (Å²) >= 11 is 0. The molecular formula is C20H27N3O4. The summed E-state index contributed by atoms with van der Waals surface area (Å²) in [5.41, 5.74) is 0. The molecule has 3 aliphatic rings. The van der Waals surface area contributed by atoms with Crippen molar-refractivity contribution in [2.45, 2.75) is 26.2 Å². The van der Waals surface area contributed by atoms with Gasteiger partial charge in [-0.3, -0.25) is 14.4 Å². The number of rotatable bonds is 3. The molecule has 27 heavy (non-hydrogen) atoms. The average Bonchev–Trinajstić information content (AvgIpc) is 3.30. The summed E-state index contributed by atoms with van der Waals surface area (Å²) in [5, 5.41) is 0. The third-order valence-corrected chi connectivity index (χ3v) is 6.00. The minimum Gasteiger partial charge on any atom is -0.459 e. The zero-order valence-electron chi connectivity index (χ0n) is 15.8. The number of furan rings is 1. The Hall–Kier alpha value is -2.31. The van der Waals surface area contributed by atoms with Crippen LogP contribution in [0.2, 0.25) is 0 Å². The quantitative estimate of drug-likeness (QED) is 0.804. The van der Waals surface area contributed by atoms with Gasteiger partial charge in [-0.15, -0.1) is 0 Å². The summed E-state index contributed by atoms with van der Waals surface area (Å²) in [7, 11) is 0. The highest BCUT2D eigenvalue weighted by molar-refractivity contribution is 5.93. The van der Waals surface area contributed by atoms with E-state index >= 15 is 0 Å². The van der Waals surface area contributed by atoms with Crippen molar-refractivity contribution in [2.24, 2.45) is 17.8 Å². The molecule has 0 spiro atoms. The first-order valence-corrected chi connectivity index (χ1v) is 9.95. The number of nitrogens with zero attached hydrogens (tertiary/aromatic N) is 3. The Labute approximate surface area is 159 Å². The van der Waals surface area contributed by atoms with E-state index in [1.165, 1.54) is 12.7 Å². The van der Waals surface area contributed by atoms with E-state index in [1.54, 1.807) is 17.0 Å². The Bertz CT molecular complexity index is 709. The second kappa shape index (κ2) is 7.37. The van der Waals surface area contributed by atoms with Crippen molar-refractivity contribution in [2.75, 3.05) is 39.3 Å². The number of carbonyl (C=O) groups is 3. The fourth-order valence-electron chi connectivity index (χ4n) is 4.29. The molecule has 3 unspecified atom stereocenters. The zero-order chi connectivity index (χ0) is 19.0. The maximum Gasteiger partial charge on any atom is 0.289 e. The van der Waals surface area contributed by atoms with E-state index in [0.717, 1.165) is 19.5 Å². The van der Waals surface area contributed by atoms with Crippen LogP contribution in [-0.2, 0) is 9.59 Å². The van der Waals surface area contributed by atoms with E-state index in [-0.39, 0.29) is 29.6 Å². The highest BCUT2D eigenvalue weighted by Crippen LogP contribution is 2.42. The first-order valence-electron chi connectivity index (χ1n) is 9.95. The Morgan fingerprint density at radius 3 is 2.26 bits per heavy atom. The van der Waals surface area contributed by atoms with Crippen LogP contribution in [0.3, 0.4) is 0 Å². The summed E-state index contributed by atoms with van der Waals surface area (Å²) in [4.78, 5) is 43.2. The number of hydrogen-bond acceptors (Lipinski definition) is 4. The molecule has 1 saturated carbocycles. The van der Waals surface area contributed by atoms with Gasteiger partial charge in [-0.05, 0) is 37.3 Å². The van der Waals surface area contributed by atoms with E-state index in [1.807, 2.05) is 9.80 Å². The lowest BCUT2D eigenvalue weighted by Gasteiger charge is -2.34. The minimum absolute atomic E-state index is 0.0727. The molecule has 1 aliphatic carbocycles. The average molecular weight is 373 g/mol. The molecular weight excluding hydrogens is 346 g/mol. The van der Waals surface area contributed by atoms with Gasteiger partial charge in [0.05, 0.1) is 18.1 Å². The van der Waals surface area contributed by atoms with Crippen LogP contribution in [0.4, 0.5) is 0 Å². The smallest absolute Gasteiger partial charge is 0.289 e. The van der Waals surface area contributed by atoms with Crippen molar-refractivity contribution in [3.05, 3.63) is 24.2 Å². The molecule has 7 heteroatoms.